The van der Waals surface area contributed by atoms with Crippen molar-refractivity contribution < 1.29 is 9.59 Å². The first-order chi connectivity index (χ1) is 9.13. The predicted octanol–water partition coefficient (Wildman–Crippen LogP) is 2.02. The van der Waals surface area contributed by atoms with Gasteiger partial charge in [-0.2, -0.15) is 0 Å². The molecule has 0 atom stereocenters. The quantitative estimate of drug-likeness (QED) is 0.886. The van der Waals surface area contributed by atoms with Gasteiger partial charge in [0.25, 0.3) is 0 Å². The molecule has 19 heavy (non-hydrogen) atoms. The Bertz CT molecular complexity index is 563. The first kappa shape index (κ1) is 13.7. The second kappa shape index (κ2) is 6.44. The number of nitrogens with zero attached hydrogens (tertiary/aromatic N) is 1. The first-order valence-electron chi connectivity index (χ1n) is 5.64. The number of hydrogen-bond donors (Lipinski definition) is 2. The fraction of sp³-hybridized carbons (Fsp3) is 0.250. The maximum absolute atomic E-state index is 11.7. The van der Waals surface area contributed by atoms with E-state index in [1.807, 2.05) is 17.5 Å². The monoisotopic (exact) mass is 295 g/mol. The number of thiophene rings is 1. The summed E-state index contributed by atoms with van der Waals surface area (Å²) in [6.45, 7) is 1.97. The number of nitrogens with one attached hydrogen (secondary N) is 2. The van der Waals surface area contributed by atoms with Crippen LogP contribution in [-0.2, 0) is 22.6 Å². The molecule has 7 heteroatoms. The Hall–Kier alpha value is -1.73. The van der Waals surface area contributed by atoms with Crippen LogP contribution < -0.4 is 10.6 Å². The summed E-state index contributed by atoms with van der Waals surface area (Å²) in [4.78, 5) is 27.8. The molecule has 0 aliphatic carbocycles. The van der Waals surface area contributed by atoms with E-state index in [0.29, 0.717) is 17.4 Å². The van der Waals surface area contributed by atoms with Crippen LogP contribution in [0.3, 0.4) is 0 Å². The van der Waals surface area contributed by atoms with Gasteiger partial charge in [-0.15, -0.1) is 22.7 Å². The minimum absolute atomic E-state index is 0.0759. The molecule has 0 saturated heterocycles. The molecule has 0 aliphatic rings. The summed E-state index contributed by atoms with van der Waals surface area (Å²) in [6, 6.07) is 3.93. The summed E-state index contributed by atoms with van der Waals surface area (Å²) in [5.74, 6) is -0.240. The Morgan fingerprint density at radius 2 is 2.21 bits per heavy atom. The fourth-order valence-electron chi connectivity index (χ4n) is 1.42. The van der Waals surface area contributed by atoms with E-state index < -0.39 is 0 Å². The SMILES string of the molecule is CC(=O)Nc1nc(CC(=O)NCc2cccs2)cs1. The standard InChI is InChI=1S/C12H13N3O2S2/c1-8(16)14-12-15-9(7-19-12)5-11(17)13-6-10-3-2-4-18-10/h2-4,7H,5-6H2,1H3,(H,13,17)(H,14,15,16). The van der Waals surface area contributed by atoms with Gasteiger partial charge < -0.3 is 10.6 Å². The average Bonchev–Trinajstić information content (AvgIpc) is 2.97. The summed E-state index contributed by atoms with van der Waals surface area (Å²) >= 11 is 2.92. The number of aromatic nitrogens is 1. The van der Waals surface area contributed by atoms with Crippen molar-refractivity contribution in [3.05, 3.63) is 33.5 Å². The van der Waals surface area contributed by atoms with E-state index in [4.69, 9.17) is 0 Å². The third-order valence-electron chi connectivity index (χ3n) is 2.22. The van der Waals surface area contributed by atoms with E-state index >= 15 is 0 Å². The highest BCUT2D eigenvalue weighted by molar-refractivity contribution is 7.14. The van der Waals surface area contributed by atoms with Crippen LogP contribution in [0.1, 0.15) is 17.5 Å². The maximum Gasteiger partial charge on any atom is 0.226 e. The molecule has 2 aromatic heterocycles. The van der Waals surface area contributed by atoms with Crippen molar-refractivity contribution in [1.29, 1.82) is 0 Å². The summed E-state index contributed by atoms with van der Waals surface area (Å²) in [7, 11) is 0. The van der Waals surface area contributed by atoms with Crippen LogP contribution in [0, 0.1) is 0 Å². The Labute approximate surface area is 118 Å². The zero-order valence-electron chi connectivity index (χ0n) is 10.3. The Kier molecular flexibility index (Phi) is 4.64. The number of carbonyl (C=O) groups excluding carboxylic acids is 2. The Morgan fingerprint density at radius 1 is 1.37 bits per heavy atom. The Balaban J connectivity index is 1.81. The van der Waals surface area contributed by atoms with Crippen molar-refractivity contribution in [1.82, 2.24) is 10.3 Å². The lowest BCUT2D eigenvalue weighted by Gasteiger charge is -2.01. The van der Waals surface area contributed by atoms with Crippen molar-refractivity contribution >= 4 is 39.6 Å². The molecular formula is C12H13N3O2S2. The number of anilines is 1. The van der Waals surface area contributed by atoms with Crippen LogP contribution in [0.4, 0.5) is 5.13 Å². The molecule has 0 fully saturated rings. The molecule has 100 valence electrons. The van der Waals surface area contributed by atoms with Crippen LogP contribution in [-0.4, -0.2) is 16.8 Å². The fourth-order valence-corrected chi connectivity index (χ4v) is 2.82. The maximum atomic E-state index is 11.7. The minimum atomic E-state index is -0.164. The first-order valence-corrected chi connectivity index (χ1v) is 7.40. The number of carbonyl (C=O) groups is 2. The van der Waals surface area contributed by atoms with Crippen molar-refractivity contribution in [2.24, 2.45) is 0 Å². The van der Waals surface area contributed by atoms with Crippen LogP contribution in [0.25, 0.3) is 0 Å². The average molecular weight is 295 g/mol. The van der Waals surface area contributed by atoms with Gasteiger partial charge in [0.2, 0.25) is 11.8 Å². The zero-order chi connectivity index (χ0) is 13.7. The van der Waals surface area contributed by atoms with E-state index in [0.717, 1.165) is 4.88 Å². The smallest absolute Gasteiger partial charge is 0.226 e. The van der Waals surface area contributed by atoms with Crippen molar-refractivity contribution in [3.63, 3.8) is 0 Å². The molecule has 0 spiro atoms. The molecular weight excluding hydrogens is 282 g/mol. The molecule has 0 aliphatic heterocycles. The molecule has 0 bridgehead atoms. The van der Waals surface area contributed by atoms with Gasteiger partial charge in [-0.05, 0) is 11.4 Å². The zero-order valence-corrected chi connectivity index (χ0v) is 11.9. The predicted molar refractivity (Wildman–Crippen MR) is 76.3 cm³/mol. The molecule has 5 nitrogen and oxygen atoms in total. The van der Waals surface area contributed by atoms with E-state index in [1.165, 1.54) is 18.3 Å². The molecule has 2 amide bonds. The Morgan fingerprint density at radius 3 is 2.89 bits per heavy atom. The molecule has 2 N–H and O–H groups in total. The van der Waals surface area contributed by atoms with Gasteiger partial charge in [0.15, 0.2) is 5.13 Å². The van der Waals surface area contributed by atoms with Crippen molar-refractivity contribution in [2.45, 2.75) is 19.9 Å². The van der Waals surface area contributed by atoms with E-state index in [1.54, 1.807) is 16.7 Å². The second-order valence-electron chi connectivity index (χ2n) is 3.86. The molecule has 0 unspecified atom stereocenters. The van der Waals surface area contributed by atoms with Gasteiger partial charge in [0.05, 0.1) is 18.7 Å². The third-order valence-corrected chi connectivity index (χ3v) is 3.90. The lowest BCUT2D eigenvalue weighted by atomic mass is 10.3. The molecule has 2 aromatic rings. The number of rotatable bonds is 5. The van der Waals surface area contributed by atoms with Gasteiger partial charge >= 0.3 is 0 Å². The highest BCUT2D eigenvalue weighted by Crippen LogP contribution is 2.15. The van der Waals surface area contributed by atoms with E-state index in [9.17, 15) is 9.59 Å². The van der Waals surface area contributed by atoms with Crippen molar-refractivity contribution in [3.8, 4) is 0 Å². The summed E-state index contributed by atoms with van der Waals surface area (Å²) in [6.07, 6.45) is 0.224. The molecule has 2 rings (SSSR count). The third kappa shape index (κ3) is 4.46. The molecule has 0 aromatic carbocycles. The van der Waals surface area contributed by atoms with Crippen molar-refractivity contribution in [2.75, 3.05) is 5.32 Å². The lowest BCUT2D eigenvalue weighted by Crippen LogP contribution is -2.24. The van der Waals surface area contributed by atoms with Gasteiger partial charge in [-0.1, -0.05) is 6.07 Å². The normalized spacial score (nSPS) is 10.2. The van der Waals surface area contributed by atoms with Gasteiger partial charge in [0.1, 0.15) is 0 Å². The molecule has 0 radical (unpaired) electrons. The topological polar surface area (TPSA) is 71.1 Å². The van der Waals surface area contributed by atoms with Crippen LogP contribution in [0.5, 0.6) is 0 Å². The number of thiazole rings is 1. The minimum Gasteiger partial charge on any atom is -0.351 e. The summed E-state index contributed by atoms with van der Waals surface area (Å²) in [5, 5.41) is 9.69. The molecule has 0 saturated carbocycles. The summed E-state index contributed by atoms with van der Waals surface area (Å²) in [5.41, 5.74) is 0.664. The summed E-state index contributed by atoms with van der Waals surface area (Å²) < 4.78 is 0. The highest BCUT2D eigenvalue weighted by Gasteiger charge is 2.08. The molecule has 2 heterocycles. The van der Waals surface area contributed by atoms with Crippen LogP contribution >= 0.6 is 22.7 Å². The second-order valence-corrected chi connectivity index (χ2v) is 5.75. The largest absolute Gasteiger partial charge is 0.351 e. The van der Waals surface area contributed by atoms with Gasteiger partial charge in [-0.3, -0.25) is 9.59 Å². The van der Waals surface area contributed by atoms with E-state index in [2.05, 4.69) is 15.6 Å². The number of hydrogen-bond acceptors (Lipinski definition) is 5. The van der Waals surface area contributed by atoms with Crippen LogP contribution in [0.2, 0.25) is 0 Å². The van der Waals surface area contributed by atoms with Gasteiger partial charge in [-0.25, -0.2) is 4.98 Å². The lowest BCUT2D eigenvalue weighted by molar-refractivity contribution is -0.120. The van der Waals surface area contributed by atoms with Gasteiger partial charge in [0, 0.05) is 17.2 Å². The number of amides is 2. The highest BCUT2D eigenvalue weighted by atomic mass is 32.1. The van der Waals surface area contributed by atoms with Crippen LogP contribution in [0.15, 0.2) is 22.9 Å². The van der Waals surface area contributed by atoms with E-state index in [-0.39, 0.29) is 18.2 Å².